The molecule has 0 bridgehead atoms. The molecule has 1 amide bonds. The lowest BCUT2D eigenvalue weighted by Gasteiger charge is -2.04. The number of nitrogens with one attached hydrogen (secondary N) is 1. The van der Waals surface area contributed by atoms with Crippen molar-refractivity contribution in [3.63, 3.8) is 0 Å². The summed E-state index contributed by atoms with van der Waals surface area (Å²) < 4.78 is 0. The number of nitrogen functional groups attached to an aromatic ring is 1. The maximum absolute atomic E-state index is 10.1. The first-order chi connectivity index (χ1) is 5.65. The Balaban J connectivity index is 3.18. The minimum atomic E-state index is 0.0916. The second-order valence-electron chi connectivity index (χ2n) is 2.10. The van der Waals surface area contributed by atoms with E-state index < -0.39 is 0 Å². The van der Waals surface area contributed by atoms with E-state index in [1.165, 1.54) is 0 Å². The summed E-state index contributed by atoms with van der Waals surface area (Å²) >= 11 is 5.66. The van der Waals surface area contributed by atoms with Crippen LogP contribution in [0, 0.1) is 6.92 Å². The van der Waals surface area contributed by atoms with Crippen LogP contribution in [0.3, 0.4) is 0 Å². The molecule has 0 unspecified atom stereocenters. The van der Waals surface area contributed by atoms with Crippen LogP contribution in [0.15, 0.2) is 0 Å². The van der Waals surface area contributed by atoms with E-state index in [-0.39, 0.29) is 11.1 Å². The minimum absolute atomic E-state index is 0.0916. The third kappa shape index (κ3) is 1.62. The first-order valence-corrected chi connectivity index (χ1v) is 3.52. The molecule has 3 N–H and O–H groups in total. The lowest BCUT2D eigenvalue weighted by Crippen LogP contribution is -2.04. The van der Waals surface area contributed by atoms with Gasteiger partial charge in [0.1, 0.15) is 5.69 Å². The van der Waals surface area contributed by atoms with Crippen LogP contribution in [0.25, 0.3) is 0 Å². The van der Waals surface area contributed by atoms with E-state index >= 15 is 0 Å². The van der Waals surface area contributed by atoms with Crippen molar-refractivity contribution >= 4 is 29.6 Å². The van der Waals surface area contributed by atoms with Crippen molar-refractivity contribution in [2.24, 2.45) is 0 Å². The van der Waals surface area contributed by atoms with Gasteiger partial charge >= 0.3 is 0 Å². The summed E-state index contributed by atoms with van der Waals surface area (Å²) in [5.74, 6) is 0.0916. The van der Waals surface area contributed by atoms with E-state index in [2.05, 4.69) is 15.3 Å². The van der Waals surface area contributed by atoms with E-state index in [1.807, 2.05) is 0 Å². The van der Waals surface area contributed by atoms with E-state index in [1.54, 1.807) is 6.92 Å². The molecule has 0 spiro atoms. The Morgan fingerprint density at radius 1 is 1.58 bits per heavy atom. The third-order valence-corrected chi connectivity index (χ3v) is 1.54. The number of aromatic nitrogens is 2. The molecule has 6 heteroatoms. The van der Waals surface area contributed by atoms with Crippen LogP contribution in [-0.2, 0) is 4.79 Å². The maximum atomic E-state index is 10.1. The van der Waals surface area contributed by atoms with Gasteiger partial charge in [0.25, 0.3) is 0 Å². The van der Waals surface area contributed by atoms with Crippen LogP contribution in [-0.4, -0.2) is 16.4 Å². The van der Waals surface area contributed by atoms with Crippen LogP contribution >= 0.6 is 11.6 Å². The van der Waals surface area contributed by atoms with Crippen molar-refractivity contribution in [2.75, 3.05) is 11.1 Å². The number of amides is 1. The molecule has 0 atom stereocenters. The van der Waals surface area contributed by atoms with E-state index in [0.29, 0.717) is 17.8 Å². The van der Waals surface area contributed by atoms with Gasteiger partial charge in [-0.1, -0.05) is 11.6 Å². The summed E-state index contributed by atoms with van der Waals surface area (Å²) in [5.41, 5.74) is 6.23. The van der Waals surface area contributed by atoms with Crippen LogP contribution in [0.5, 0.6) is 0 Å². The fraction of sp³-hybridized carbons (Fsp3) is 0.167. The Morgan fingerprint density at radius 3 is 2.75 bits per heavy atom. The molecule has 1 aromatic heterocycles. The first kappa shape index (κ1) is 8.73. The van der Waals surface area contributed by atoms with Crippen LogP contribution in [0.1, 0.15) is 5.69 Å². The Hall–Kier alpha value is -1.36. The molecular formula is C6H7ClN4O. The standard InChI is InChI=1S/C6H7ClN4O/c1-3-4(9-2-12)5(7)11-6(8)10-3/h2H,1H3,(H,9,12)(H2,8,10,11). The summed E-state index contributed by atoms with van der Waals surface area (Å²) in [4.78, 5) is 17.6. The van der Waals surface area contributed by atoms with Crippen molar-refractivity contribution in [3.8, 4) is 0 Å². The number of halogens is 1. The SMILES string of the molecule is Cc1nc(N)nc(Cl)c1NC=O. The average molecular weight is 187 g/mol. The van der Waals surface area contributed by atoms with Gasteiger partial charge in [0.2, 0.25) is 12.4 Å². The zero-order chi connectivity index (χ0) is 9.14. The average Bonchev–Trinajstić information content (AvgIpc) is 1.96. The number of rotatable bonds is 2. The highest BCUT2D eigenvalue weighted by Crippen LogP contribution is 2.21. The lowest BCUT2D eigenvalue weighted by atomic mass is 10.4. The molecular weight excluding hydrogens is 180 g/mol. The monoisotopic (exact) mass is 186 g/mol. The molecule has 1 heterocycles. The van der Waals surface area contributed by atoms with Gasteiger partial charge in [0.05, 0.1) is 5.69 Å². The fourth-order valence-electron chi connectivity index (χ4n) is 0.781. The van der Waals surface area contributed by atoms with Crippen molar-refractivity contribution in [3.05, 3.63) is 10.8 Å². The number of hydrogen-bond acceptors (Lipinski definition) is 4. The topological polar surface area (TPSA) is 80.9 Å². The third-order valence-electron chi connectivity index (χ3n) is 1.27. The Bertz CT molecular complexity index is 291. The molecule has 0 saturated carbocycles. The summed E-state index contributed by atoms with van der Waals surface area (Å²) in [5, 5.41) is 2.52. The Labute approximate surface area is 74.0 Å². The molecule has 0 aliphatic rings. The molecule has 64 valence electrons. The summed E-state index contributed by atoms with van der Waals surface area (Å²) in [6.07, 6.45) is 0.508. The number of nitrogens with two attached hydrogens (primary N) is 1. The number of aryl methyl sites for hydroxylation is 1. The molecule has 0 aliphatic carbocycles. The van der Waals surface area contributed by atoms with Crippen LogP contribution in [0.4, 0.5) is 11.6 Å². The number of hydrogen-bond donors (Lipinski definition) is 2. The van der Waals surface area contributed by atoms with Crippen molar-refractivity contribution < 1.29 is 4.79 Å². The van der Waals surface area contributed by atoms with Crippen molar-refractivity contribution in [1.82, 2.24) is 9.97 Å². The Morgan fingerprint density at radius 2 is 2.25 bits per heavy atom. The number of anilines is 2. The zero-order valence-corrected chi connectivity index (χ0v) is 7.09. The highest BCUT2D eigenvalue weighted by atomic mass is 35.5. The lowest BCUT2D eigenvalue weighted by molar-refractivity contribution is -0.105. The second kappa shape index (κ2) is 3.36. The van der Waals surface area contributed by atoms with E-state index in [0.717, 1.165) is 0 Å². The van der Waals surface area contributed by atoms with E-state index in [9.17, 15) is 4.79 Å². The van der Waals surface area contributed by atoms with Gasteiger partial charge in [-0.25, -0.2) is 4.98 Å². The smallest absolute Gasteiger partial charge is 0.221 e. The predicted octanol–water partition coefficient (Wildman–Crippen LogP) is 0.589. The number of nitrogens with zero attached hydrogens (tertiary/aromatic N) is 2. The molecule has 0 aliphatic heterocycles. The van der Waals surface area contributed by atoms with Gasteiger partial charge in [-0.15, -0.1) is 0 Å². The number of carbonyl (C=O) groups is 1. The van der Waals surface area contributed by atoms with Crippen molar-refractivity contribution in [2.45, 2.75) is 6.92 Å². The van der Waals surface area contributed by atoms with Gasteiger partial charge in [0.15, 0.2) is 5.15 Å². The summed E-state index contributed by atoms with van der Waals surface area (Å²) in [7, 11) is 0. The van der Waals surface area contributed by atoms with Gasteiger partial charge in [-0.2, -0.15) is 4.98 Å². The fourth-order valence-corrected chi connectivity index (χ4v) is 1.06. The van der Waals surface area contributed by atoms with Crippen LogP contribution in [0.2, 0.25) is 5.15 Å². The summed E-state index contributed by atoms with van der Waals surface area (Å²) in [6.45, 7) is 1.68. The molecule has 0 saturated heterocycles. The Kier molecular flexibility index (Phi) is 2.44. The molecule has 0 radical (unpaired) electrons. The molecule has 1 rings (SSSR count). The van der Waals surface area contributed by atoms with E-state index in [4.69, 9.17) is 17.3 Å². The highest BCUT2D eigenvalue weighted by molar-refractivity contribution is 6.32. The highest BCUT2D eigenvalue weighted by Gasteiger charge is 2.06. The van der Waals surface area contributed by atoms with Gasteiger partial charge in [-0.3, -0.25) is 4.79 Å². The predicted molar refractivity (Wildman–Crippen MR) is 45.9 cm³/mol. The molecule has 5 nitrogen and oxygen atoms in total. The number of carbonyl (C=O) groups excluding carboxylic acids is 1. The van der Waals surface area contributed by atoms with Gasteiger partial charge in [-0.05, 0) is 6.92 Å². The quantitative estimate of drug-likeness (QED) is 0.523. The minimum Gasteiger partial charge on any atom is -0.368 e. The second-order valence-corrected chi connectivity index (χ2v) is 2.45. The van der Waals surface area contributed by atoms with Gasteiger partial charge < -0.3 is 11.1 Å². The largest absolute Gasteiger partial charge is 0.368 e. The molecule has 1 aromatic rings. The maximum Gasteiger partial charge on any atom is 0.221 e. The molecule has 12 heavy (non-hydrogen) atoms. The van der Waals surface area contributed by atoms with Gasteiger partial charge in [0, 0.05) is 0 Å². The molecule has 0 fully saturated rings. The van der Waals surface area contributed by atoms with Crippen molar-refractivity contribution in [1.29, 1.82) is 0 Å². The molecule has 0 aromatic carbocycles. The van der Waals surface area contributed by atoms with Crippen LogP contribution < -0.4 is 11.1 Å². The zero-order valence-electron chi connectivity index (χ0n) is 6.34. The summed E-state index contributed by atoms with van der Waals surface area (Å²) in [6, 6.07) is 0. The normalized spacial score (nSPS) is 9.50. The first-order valence-electron chi connectivity index (χ1n) is 3.15.